The fourth-order valence-corrected chi connectivity index (χ4v) is 2.04. The Morgan fingerprint density at radius 2 is 1.94 bits per heavy atom. The molecule has 0 unspecified atom stereocenters. The average molecular weight is 333 g/mol. The van der Waals surface area contributed by atoms with Crippen molar-refractivity contribution in [1.29, 1.82) is 0 Å². The summed E-state index contributed by atoms with van der Waals surface area (Å²) in [6.45, 7) is 1.86. The standard InChI is InChI=1S/C11H8BrCl2N3/c1-6-4-10(17-11(14)15-6)16-7-2-3-9(13)8(12)5-7/h2-5H,1H3,(H,15,16,17). The van der Waals surface area contributed by atoms with Gasteiger partial charge >= 0.3 is 0 Å². The van der Waals surface area contributed by atoms with Crippen LogP contribution in [0.15, 0.2) is 28.7 Å². The molecule has 3 nitrogen and oxygen atoms in total. The van der Waals surface area contributed by atoms with Gasteiger partial charge in [0.2, 0.25) is 5.28 Å². The molecule has 0 radical (unpaired) electrons. The van der Waals surface area contributed by atoms with Crippen molar-refractivity contribution < 1.29 is 0 Å². The van der Waals surface area contributed by atoms with E-state index < -0.39 is 0 Å². The highest BCUT2D eigenvalue weighted by molar-refractivity contribution is 9.10. The van der Waals surface area contributed by atoms with E-state index in [2.05, 4.69) is 31.2 Å². The zero-order valence-corrected chi connectivity index (χ0v) is 11.9. The molecule has 1 aromatic carbocycles. The van der Waals surface area contributed by atoms with E-state index >= 15 is 0 Å². The third kappa shape index (κ3) is 3.31. The summed E-state index contributed by atoms with van der Waals surface area (Å²) in [4.78, 5) is 8.07. The molecule has 2 rings (SSSR count). The van der Waals surface area contributed by atoms with Gasteiger partial charge in [0, 0.05) is 21.9 Å². The number of rotatable bonds is 2. The van der Waals surface area contributed by atoms with Gasteiger partial charge < -0.3 is 5.32 Å². The number of hydrogen-bond donors (Lipinski definition) is 1. The van der Waals surface area contributed by atoms with Gasteiger partial charge in [-0.3, -0.25) is 0 Å². The number of anilines is 2. The number of nitrogens with zero attached hydrogens (tertiary/aromatic N) is 2. The third-order valence-corrected chi connectivity index (χ3v) is 3.40. The minimum atomic E-state index is 0.223. The maximum atomic E-state index is 5.91. The Balaban J connectivity index is 2.28. The summed E-state index contributed by atoms with van der Waals surface area (Å²) in [5.41, 5.74) is 1.68. The predicted molar refractivity (Wildman–Crippen MR) is 74.2 cm³/mol. The Kier molecular flexibility index (Phi) is 3.86. The monoisotopic (exact) mass is 331 g/mol. The second kappa shape index (κ2) is 5.21. The summed E-state index contributed by atoms with van der Waals surface area (Å²) < 4.78 is 0.820. The van der Waals surface area contributed by atoms with Crippen LogP contribution >= 0.6 is 39.1 Å². The molecule has 1 N–H and O–H groups in total. The van der Waals surface area contributed by atoms with E-state index in [1.54, 1.807) is 6.07 Å². The Morgan fingerprint density at radius 1 is 1.18 bits per heavy atom. The number of nitrogens with one attached hydrogen (secondary N) is 1. The number of benzene rings is 1. The highest BCUT2D eigenvalue weighted by Crippen LogP contribution is 2.27. The molecular weight excluding hydrogens is 325 g/mol. The van der Waals surface area contributed by atoms with Crippen LogP contribution in [-0.4, -0.2) is 9.97 Å². The molecule has 0 amide bonds. The van der Waals surface area contributed by atoms with Crippen molar-refractivity contribution in [2.24, 2.45) is 0 Å². The fourth-order valence-electron chi connectivity index (χ4n) is 1.32. The first-order valence-corrected chi connectivity index (χ1v) is 6.33. The molecule has 0 spiro atoms. The number of aryl methyl sites for hydroxylation is 1. The first-order valence-electron chi connectivity index (χ1n) is 4.78. The molecule has 0 saturated heterocycles. The number of halogens is 3. The molecule has 88 valence electrons. The van der Waals surface area contributed by atoms with Crippen LogP contribution in [0.2, 0.25) is 10.3 Å². The minimum absolute atomic E-state index is 0.223. The Hall–Kier alpha value is -0.840. The van der Waals surface area contributed by atoms with Gasteiger partial charge in [0.15, 0.2) is 0 Å². The first-order chi connectivity index (χ1) is 8.04. The van der Waals surface area contributed by atoms with Gasteiger partial charge in [-0.25, -0.2) is 9.97 Å². The van der Waals surface area contributed by atoms with E-state index in [0.717, 1.165) is 15.9 Å². The van der Waals surface area contributed by atoms with Crippen LogP contribution in [0.3, 0.4) is 0 Å². The summed E-state index contributed by atoms with van der Waals surface area (Å²) in [6.07, 6.45) is 0. The lowest BCUT2D eigenvalue weighted by Crippen LogP contribution is -1.96. The molecule has 1 aromatic heterocycles. The second-order valence-corrected chi connectivity index (χ2v) is 5.02. The van der Waals surface area contributed by atoms with Crippen LogP contribution < -0.4 is 5.32 Å². The zero-order chi connectivity index (χ0) is 12.4. The smallest absolute Gasteiger partial charge is 0.224 e. The van der Waals surface area contributed by atoms with Crippen LogP contribution in [0.1, 0.15) is 5.69 Å². The van der Waals surface area contributed by atoms with Crippen molar-refractivity contribution in [2.45, 2.75) is 6.92 Å². The van der Waals surface area contributed by atoms with Crippen LogP contribution in [0, 0.1) is 6.92 Å². The van der Waals surface area contributed by atoms with Gasteiger partial charge in [0.1, 0.15) is 5.82 Å². The van der Waals surface area contributed by atoms with Gasteiger partial charge in [0.25, 0.3) is 0 Å². The van der Waals surface area contributed by atoms with Crippen molar-refractivity contribution >= 4 is 50.6 Å². The van der Waals surface area contributed by atoms with Crippen LogP contribution in [0.4, 0.5) is 11.5 Å². The van der Waals surface area contributed by atoms with Crippen molar-refractivity contribution in [1.82, 2.24) is 9.97 Å². The van der Waals surface area contributed by atoms with E-state index in [0.29, 0.717) is 10.8 Å². The predicted octanol–water partition coefficient (Wildman–Crippen LogP) is 4.60. The lowest BCUT2D eigenvalue weighted by molar-refractivity contribution is 1.10. The molecule has 0 aliphatic heterocycles. The highest BCUT2D eigenvalue weighted by atomic mass is 79.9. The summed E-state index contributed by atoms with van der Waals surface area (Å²) in [7, 11) is 0. The van der Waals surface area contributed by atoms with E-state index in [-0.39, 0.29) is 5.28 Å². The van der Waals surface area contributed by atoms with Gasteiger partial charge in [-0.1, -0.05) is 11.6 Å². The molecule has 17 heavy (non-hydrogen) atoms. The molecular formula is C11H8BrCl2N3. The quantitative estimate of drug-likeness (QED) is 0.817. The number of hydrogen-bond acceptors (Lipinski definition) is 3. The van der Waals surface area contributed by atoms with Crippen molar-refractivity contribution in [3.8, 4) is 0 Å². The Morgan fingerprint density at radius 3 is 2.59 bits per heavy atom. The maximum absolute atomic E-state index is 5.91. The highest BCUT2D eigenvalue weighted by Gasteiger charge is 2.02. The lowest BCUT2D eigenvalue weighted by atomic mass is 10.3. The van der Waals surface area contributed by atoms with Crippen LogP contribution in [0.5, 0.6) is 0 Å². The number of aromatic nitrogens is 2. The Labute approximate surface area is 117 Å². The summed E-state index contributed by atoms with van der Waals surface area (Å²) in [6, 6.07) is 7.34. The van der Waals surface area contributed by atoms with Crippen LogP contribution in [-0.2, 0) is 0 Å². The second-order valence-electron chi connectivity index (χ2n) is 3.42. The lowest BCUT2D eigenvalue weighted by Gasteiger charge is -2.07. The minimum Gasteiger partial charge on any atom is -0.340 e. The molecule has 2 aromatic rings. The summed E-state index contributed by atoms with van der Waals surface area (Å²) >= 11 is 15.1. The van der Waals surface area contributed by atoms with Gasteiger partial charge in [-0.05, 0) is 52.7 Å². The summed E-state index contributed by atoms with van der Waals surface area (Å²) in [5, 5.41) is 4.01. The van der Waals surface area contributed by atoms with Crippen molar-refractivity contribution in [3.63, 3.8) is 0 Å². The van der Waals surface area contributed by atoms with E-state index in [1.807, 2.05) is 25.1 Å². The van der Waals surface area contributed by atoms with Crippen molar-refractivity contribution in [3.05, 3.63) is 44.7 Å². The molecule has 0 saturated carbocycles. The molecule has 0 aliphatic carbocycles. The average Bonchev–Trinajstić information content (AvgIpc) is 2.22. The first kappa shape index (κ1) is 12.6. The van der Waals surface area contributed by atoms with E-state index in [9.17, 15) is 0 Å². The molecule has 6 heteroatoms. The largest absolute Gasteiger partial charge is 0.340 e. The third-order valence-electron chi connectivity index (χ3n) is 2.02. The van der Waals surface area contributed by atoms with Gasteiger partial charge in [-0.2, -0.15) is 0 Å². The fraction of sp³-hybridized carbons (Fsp3) is 0.0909. The SMILES string of the molecule is Cc1cc(Nc2ccc(Cl)c(Br)c2)nc(Cl)n1. The van der Waals surface area contributed by atoms with Crippen molar-refractivity contribution in [2.75, 3.05) is 5.32 Å². The topological polar surface area (TPSA) is 37.8 Å². The normalized spacial score (nSPS) is 10.4. The molecule has 0 fully saturated rings. The summed E-state index contributed by atoms with van der Waals surface area (Å²) in [5.74, 6) is 0.650. The molecule has 1 heterocycles. The van der Waals surface area contributed by atoms with E-state index in [4.69, 9.17) is 23.2 Å². The van der Waals surface area contributed by atoms with E-state index in [1.165, 1.54) is 0 Å². The van der Waals surface area contributed by atoms with Gasteiger partial charge in [-0.15, -0.1) is 0 Å². The van der Waals surface area contributed by atoms with Crippen LogP contribution in [0.25, 0.3) is 0 Å². The maximum Gasteiger partial charge on any atom is 0.224 e. The Bertz CT molecular complexity index is 540. The zero-order valence-electron chi connectivity index (χ0n) is 8.84. The van der Waals surface area contributed by atoms with Gasteiger partial charge in [0.05, 0.1) is 5.02 Å². The molecule has 0 bridgehead atoms. The molecule has 0 atom stereocenters. The molecule has 0 aliphatic rings.